The molecule has 0 bridgehead atoms. The Bertz CT molecular complexity index is 680. The molecule has 0 amide bonds. The molecule has 0 saturated heterocycles. The highest BCUT2D eigenvalue weighted by Gasteiger charge is 2.31. The number of Topliss-reactive ketones (excluding diaryl/α,β-unsaturated/α-hetero) is 1. The van der Waals surface area contributed by atoms with Gasteiger partial charge in [0.2, 0.25) is 0 Å². The Balaban J connectivity index is 1.98. The lowest BCUT2D eigenvalue weighted by Crippen LogP contribution is -2.42. The molecule has 3 rings (SSSR count). The first-order valence-corrected chi connectivity index (χ1v) is 6.42. The molecule has 0 aliphatic heterocycles. The highest BCUT2D eigenvalue weighted by Crippen LogP contribution is 2.30. The minimum atomic E-state index is -0.151. The number of nitrogens with one attached hydrogen (secondary N) is 1. The third-order valence-corrected chi connectivity index (χ3v) is 3.88. The molecule has 0 saturated carbocycles. The van der Waals surface area contributed by atoms with Crippen molar-refractivity contribution >= 4 is 16.7 Å². The van der Waals surface area contributed by atoms with Gasteiger partial charge in [0, 0.05) is 35.6 Å². The number of aromatic nitrogens is 1. The molecule has 0 radical (unpaired) electrons. The molecular weight excluding hydrogens is 238 g/mol. The number of carbonyl (C=O) groups excluding carboxylic acids is 1. The third-order valence-electron chi connectivity index (χ3n) is 3.88. The number of hydrogen-bond donors (Lipinski definition) is 1. The molecule has 1 unspecified atom stereocenters. The predicted molar refractivity (Wildman–Crippen MR) is 73.0 cm³/mol. The Kier molecular flexibility index (Phi) is 2.84. The van der Waals surface area contributed by atoms with Gasteiger partial charge < -0.3 is 4.98 Å². The van der Waals surface area contributed by atoms with E-state index in [-0.39, 0.29) is 11.8 Å². The van der Waals surface area contributed by atoms with Crippen LogP contribution in [0.5, 0.6) is 0 Å². The van der Waals surface area contributed by atoms with Gasteiger partial charge in [-0.05, 0) is 25.1 Å². The highest BCUT2D eigenvalue weighted by atomic mass is 16.1. The zero-order chi connectivity index (χ0) is 13.4. The molecule has 2 aromatic rings. The normalized spacial score (nSPS) is 17.9. The first kappa shape index (κ1) is 11.9. The molecule has 1 aromatic carbocycles. The highest BCUT2D eigenvalue weighted by molar-refractivity contribution is 6.13. The number of nitriles is 1. The summed E-state index contributed by atoms with van der Waals surface area (Å²) in [5, 5.41) is 9.73. The monoisotopic (exact) mass is 253 g/mol. The van der Waals surface area contributed by atoms with Gasteiger partial charge in [-0.15, -0.1) is 0 Å². The zero-order valence-corrected chi connectivity index (χ0v) is 10.8. The van der Waals surface area contributed by atoms with Gasteiger partial charge in [-0.3, -0.25) is 9.69 Å². The molecule has 1 aliphatic carbocycles. The second-order valence-corrected chi connectivity index (χ2v) is 5.01. The van der Waals surface area contributed by atoms with Gasteiger partial charge in [0.05, 0.1) is 12.1 Å². The predicted octanol–water partition coefficient (Wildman–Crippen LogP) is 2.12. The average molecular weight is 253 g/mol. The fraction of sp³-hybridized carbons (Fsp3) is 0.333. The maximum Gasteiger partial charge on any atom is 0.180 e. The van der Waals surface area contributed by atoms with E-state index >= 15 is 0 Å². The maximum atomic E-state index is 12.6. The van der Waals surface area contributed by atoms with Crippen LogP contribution in [-0.4, -0.2) is 35.3 Å². The van der Waals surface area contributed by atoms with Crippen molar-refractivity contribution in [2.24, 2.45) is 0 Å². The van der Waals surface area contributed by atoms with Crippen LogP contribution in [0.15, 0.2) is 24.4 Å². The summed E-state index contributed by atoms with van der Waals surface area (Å²) in [6.07, 6.45) is 3.16. The summed E-state index contributed by atoms with van der Waals surface area (Å²) in [6.45, 7) is 0.628. The molecular formula is C15H15N3O. The van der Waals surface area contributed by atoms with E-state index in [4.69, 9.17) is 5.26 Å². The van der Waals surface area contributed by atoms with Crippen LogP contribution in [0.1, 0.15) is 22.3 Å². The quantitative estimate of drug-likeness (QED) is 0.911. The molecule has 0 fully saturated rings. The van der Waals surface area contributed by atoms with Gasteiger partial charge >= 0.3 is 0 Å². The van der Waals surface area contributed by atoms with Gasteiger partial charge in [-0.1, -0.05) is 12.1 Å². The number of benzene rings is 1. The van der Waals surface area contributed by atoms with E-state index in [1.54, 1.807) is 0 Å². The SMILES string of the molecule is CN(CCC#N)C1Cc2c[nH]c3cccc(c23)C1=O. The molecule has 0 spiro atoms. The maximum absolute atomic E-state index is 12.6. The molecule has 1 aromatic heterocycles. The van der Waals surface area contributed by atoms with Crippen LogP contribution in [-0.2, 0) is 6.42 Å². The second-order valence-electron chi connectivity index (χ2n) is 5.01. The van der Waals surface area contributed by atoms with Crippen LogP contribution in [0.3, 0.4) is 0 Å². The van der Waals surface area contributed by atoms with Crippen molar-refractivity contribution in [3.63, 3.8) is 0 Å². The van der Waals surface area contributed by atoms with Crippen LogP contribution >= 0.6 is 0 Å². The van der Waals surface area contributed by atoms with Crippen molar-refractivity contribution in [1.29, 1.82) is 5.26 Å². The number of aromatic amines is 1. The number of hydrogen-bond acceptors (Lipinski definition) is 3. The topological polar surface area (TPSA) is 59.9 Å². The lowest BCUT2D eigenvalue weighted by molar-refractivity contribution is 0.0849. The lowest BCUT2D eigenvalue weighted by atomic mass is 9.87. The van der Waals surface area contributed by atoms with Gasteiger partial charge in [-0.2, -0.15) is 5.26 Å². The smallest absolute Gasteiger partial charge is 0.180 e. The molecule has 4 nitrogen and oxygen atoms in total. The van der Waals surface area contributed by atoms with Gasteiger partial charge in [0.1, 0.15) is 0 Å². The van der Waals surface area contributed by atoms with E-state index in [1.807, 2.05) is 36.3 Å². The molecule has 1 aliphatic rings. The summed E-state index contributed by atoms with van der Waals surface area (Å²) in [4.78, 5) is 17.8. The number of rotatable bonds is 3. The molecule has 1 N–H and O–H groups in total. The van der Waals surface area contributed by atoms with Crippen molar-refractivity contribution in [1.82, 2.24) is 9.88 Å². The van der Waals surface area contributed by atoms with E-state index in [9.17, 15) is 4.79 Å². The van der Waals surface area contributed by atoms with E-state index in [1.165, 1.54) is 5.56 Å². The van der Waals surface area contributed by atoms with Gasteiger partial charge in [0.15, 0.2) is 5.78 Å². The summed E-state index contributed by atoms with van der Waals surface area (Å²) in [5.41, 5.74) is 3.02. The van der Waals surface area contributed by atoms with Crippen molar-refractivity contribution < 1.29 is 4.79 Å². The Labute approximate surface area is 111 Å². The number of nitrogens with zero attached hydrogens (tertiary/aromatic N) is 2. The van der Waals surface area contributed by atoms with Crippen molar-refractivity contribution in [2.75, 3.05) is 13.6 Å². The van der Waals surface area contributed by atoms with E-state index in [0.717, 1.165) is 22.9 Å². The van der Waals surface area contributed by atoms with E-state index < -0.39 is 0 Å². The second kappa shape index (κ2) is 4.52. The molecule has 1 atom stereocenters. The van der Waals surface area contributed by atoms with Gasteiger partial charge in [-0.25, -0.2) is 0 Å². The number of likely N-dealkylation sites (N-methyl/N-ethyl adjacent to an activating group) is 1. The van der Waals surface area contributed by atoms with E-state index in [0.29, 0.717) is 13.0 Å². The van der Waals surface area contributed by atoms with Crippen molar-refractivity contribution in [3.8, 4) is 6.07 Å². The summed E-state index contributed by atoms with van der Waals surface area (Å²) < 4.78 is 0. The minimum absolute atomic E-state index is 0.151. The Morgan fingerprint density at radius 1 is 1.53 bits per heavy atom. The fourth-order valence-electron chi connectivity index (χ4n) is 2.84. The van der Waals surface area contributed by atoms with Crippen LogP contribution in [0.25, 0.3) is 10.9 Å². The first-order valence-electron chi connectivity index (χ1n) is 6.42. The molecule has 19 heavy (non-hydrogen) atoms. The van der Waals surface area contributed by atoms with Crippen LogP contribution in [0.2, 0.25) is 0 Å². The van der Waals surface area contributed by atoms with Crippen molar-refractivity contribution in [2.45, 2.75) is 18.9 Å². The Morgan fingerprint density at radius 3 is 3.16 bits per heavy atom. The Morgan fingerprint density at radius 2 is 2.37 bits per heavy atom. The number of carbonyl (C=O) groups is 1. The van der Waals surface area contributed by atoms with Gasteiger partial charge in [0.25, 0.3) is 0 Å². The van der Waals surface area contributed by atoms with Crippen molar-refractivity contribution in [3.05, 3.63) is 35.5 Å². The standard InChI is InChI=1S/C15H15N3O/c1-18(7-3-6-16)13-8-10-9-17-12-5-2-4-11(14(10)12)15(13)19/h2,4-5,9,13,17H,3,7-8H2,1H3. The lowest BCUT2D eigenvalue weighted by Gasteiger charge is -2.29. The zero-order valence-electron chi connectivity index (χ0n) is 10.8. The summed E-state index contributed by atoms with van der Waals surface area (Å²) in [7, 11) is 1.91. The minimum Gasteiger partial charge on any atom is -0.361 e. The fourth-order valence-corrected chi connectivity index (χ4v) is 2.84. The van der Waals surface area contributed by atoms with Crippen LogP contribution < -0.4 is 0 Å². The number of H-pyrrole nitrogens is 1. The van der Waals surface area contributed by atoms with Crippen LogP contribution in [0.4, 0.5) is 0 Å². The summed E-state index contributed by atoms with van der Waals surface area (Å²) in [6, 6.07) is 7.78. The molecule has 4 heteroatoms. The third kappa shape index (κ3) is 1.83. The van der Waals surface area contributed by atoms with E-state index in [2.05, 4.69) is 11.1 Å². The first-order chi connectivity index (χ1) is 9.22. The number of ketones is 1. The summed E-state index contributed by atoms with van der Waals surface area (Å²) in [5.74, 6) is 0.165. The Hall–Kier alpha value is -2.12. The largest absolute Gasteiger partial charge is 0.361 e. The molecule has 1 heterocycles. The average Bonchev–Trinajstić information content (AvgIpc) is 2.84. The molecule has 96 valence electrons. The summed E-state index contributed by atoms with van der Waals surface area (Å²) >= 11 is 0. The van der Waals surface area contributed by atoms with Crippen LogP contribution in [0, 0.1) is 11.3 Å².